The number of piperidine rings is 1. The maximum atomic E-state index is 12.5. The molecule has 1 fully saturated rings. The van der Waals surface area contributed by atoms with Gasteiger partial charge in [0.2, 0.25) is 0 Å². The van der Waals surface area contributed by atoms with Crippen molar-refractivity contribution >= 4 is 10.2 Å². The molecule has 22 heavy (non-hydrogen) atoms. The van der Waals surface area contributed by atoms with Crippen LogP contribution in [0.5, 0.6) is 11.5 Å². The molecule has 122 valence electrons. The summed E-state index contributed by atoms with van der Waals surface area (Å²) in [5.74, 6) is 1.32. The molecule has 6 nitrogen and oxygen atoms in total. The number of para-hydroxylation sites is 1. The summed E-state index contributed by atoms with van der Waals surface area (Å²) in [5.41, 5.74) is 0.797. The van der Waals surface area contributed by atoms with Crippen LogP contribution in [0, 0.1) is 0 Å². The average molecular weight is 326 g/mol. The number of nitrogens with one attached hydrogen (secondary N) is 1. The molecule has 0 radical (unpaired) electrons. The average Bonchev–Trinajstić information content (AvgIpc) is 2.53. The molecule has 7 heteroatoms. The van der Waals surface area contributed by atoms with Crippen LogP contribution in [-0.4, -0.2) is 38.5 Å². The Morgan fingerprint density at radius 3 is 2.91 bits per heavy atom. The maximum Gasteiger partial charge on any atom is 0.279 e. The van der Waals surface area contributed by atoms with Gasteiger partial charge >= 0.3 is 0 Å². The van der Waals surface area contributed by atoms with Crippen molar-refractivity contribution in [3.63, 3.8) is 0 Å². The van der Waals surface area contributed by atoms with Crippen molar-refractivity contribution in [3.8, 4) is 11.5 Å². The summed E-state index contributed by atoms with van der Waals surface area (Å²) in [5, 5.41) is 0. The van der Waals surface area contributed by atoms with Gasteiger partial charge in [0.15, 0.2) is 11.5 Å². The van der Waals surface area contributed by atoms with Gasteiger partial charge in [-0.1, -0.05) is 18.6 Å². The Balaban J connectivity index is 1.72. The molecule has 0 bridgehead atoms. The highest BCUT2D eigenvalue weighted by Crippen LogP contribution is 2.33. The Hall–Kier alpha value is -1.31. The van der Waals surface area contributed by atoms with Crippen LogP contribution >= 0.6 is 0 Å². The van der Waals surface area contributed by atoms with E-state index in [0.717, 1.165) is 24.8 Å². The number of fused-ring (bicyclic) bond motifs is 1. The van der Waals surface area contributed by atoms with Gasteiger partial charge in [-0.3, -0.25) is 0 Å². The maximum absolute atomic E-state index is 12.5. The second kappa shape index (κ2) is 6.44. The van der Waals surface area contributed by atoms with Crippen LogP contribution in [0.2, 0.25) is 0 Å². The van der Waals surface area contributed by atoms with Gasteiger partial charge in [0, 0.05) is 24.7 Å². The molecule has 2 aliphatic rings. The molecule has 2 aliphatic heterocycles. The predicted molar refractivity (Wildman–Crippen MR) is 83.2 cm³/mol. The molecule has 1 atom stereocenters. The molecule has 0 aromatic heterocycles. The van der Waals surface area contributed by atoms with Crippen LogP contribution in [0.25, 0.3) is 0 Å². The van der Waals surface area contributed by atoms with E-state index < -0.39 is 10.2 Å². The Kier molecular flexibility index (Phi) is 4.56. The topological polar surface area (TPSA) is 67.9 Å². The van der Waals surface area contributed by atoms with Crippen molar-refractivity contribution in [2.45, 2.75) is 38.8 Å². The minimum absolute atomic E-state index is 0.0514. The standard InChI is InChI=1S/C15H22N2O4S/c1-12-5-2-3-8-17(12)22(18,19)16-11-13-6-4-7-14-15(13)21-10-9-20-14/h4,6-7,12,16H,2-3,5,8-11H2,1H3. The van der Waals surface area contributed by atoms with Crippen molar-refractivity contribution in [2.75, 3.05) is 19.8 Å². The SMILES string of the molecule is CC1CCCCN1S(=O)(=O)NCc1cccc2c1OCCO2. The van der Waals surface area contributed by atoms with Crippen LogP contribution in [-0.2, 0) is 16.8 Å². The van der Waals surface area contributed by atoms with Gasteiger partial charge in [-0.2, -0.15) is 17.4 Å². The Bertz CT molecular complexity index is 632. The summed E-state index contributed by atoms with van der Waals surface area (Å²) in [7, 11) is -3.47. The third-order valence-corrected chi connectivity index (χ3v) is 5.81. The molecule has 1 saturated heterocycles. The van der Waals surface area contributed by atoms with Crippen LogP contribution < -0.4 is 14.2 Å². The number of rotatable bonds is 4. The lowest BCUT2D eigenvalue weighted by molar-refractivity contribution is 0.170. The van der Waals surface area contributed by atoms with Gasteiger partial charge in [-0.25, -0.2) is 0 Å². The summed E-state index contributed by atoms with van der Waals surface area (Å²) >= 11 is 0. The number of ether oxygens (including phenoxy) is 2. The molecule has 1 unspecified atom stereocenters. The molecule has 2 heterocycles. The van der Waals surface area contributed by atoms with E-state index in [1.165, 1.54) is 0 Å². The minimum Gasteiger partial charge on any atom is -0.486 e. The minimum atomic E-state index is -3.47. The molecule has 3 rings (SSSR count). The first-order chi connectivity index (χ1) is 10.6. The van der Waals surface area contributed by atoms with E-state index in [-0.39, 0.29) is 12.6 Å². The fourth-order valence-electron chi connectivity index (χ4n) is 2.95. The van der Waals surface area contributed by atoms with Crippen molar-refractivity contribution in [2.24, 2.45) is 0 Å². The summed E-state index contributed by atoms with van der Waals surface area (Å²) in [6, 6.07) is 5.59. The van der Waals surface area contributed by atoms with E-state index in [0.29, 0.717) is 31.3 Å². The molecule has 0 amide bonds. The van der Waals surface area contributed by atoms with Crippen molar-refractivity contribution in [1.29, 1.82) is 0 Å². The molecular formula is C15H22N2O4S. The quantitative estimate of drug-likeness (QED) is 0.914. The van der Waals surface area contributed by atoms with Gasteiger partial charge in [-0.05, 0) is 25.8 Å². The summed E-state index contributed by atoms with van der Waals surface area (Å²) < 4.78 is 40.3. The molecule has 0 saturated carbocycles. The highest BCUT2D eigenvalue weighted by Gasteiger charge is 2.29. The lowest BCUT2D eigenvalue weighted by Crippen LogP contribution is -2.47. The number of benzene rings is 1. The lowest BCUT2D eigenvalue weighted by Gasteiger charge is -2.32. The lowest BCUT2D eigenvalue weighted by atomic mass is 10.1. The van der Waals surface area contributed by atoms with Crippen molar-refractivity contribution in [1.82, 2.24) is 9.03 Å². The molecule has 0 spiro atoms. The zero-order valence-electron chi connectivity index (χ0n) is 12.7. The van der Waals surface area contributed by atoms with Crippen LogP contribution in [0.1, 0.15) is 31.7 Å². The van der Waals surface area contributed by atoms with Gasteiger partial charge in [0.05, 0.1) is 0 Å². The second-order valence-corrected chi connectivity index (χ2v) is 7.43. The van der Waals surface area contributed by atoms with E-state index in [1.807, 2.05) is 25.1 Å². The van der Waals surface area contributed by atoms with Gasteiger partial charge in [0.25, 0.3) is 10.2 Å². The number of nitrogens with zero attached hydrogens (tertiary/aromatic N) is 1. The third-order valence-electron chi connectivity index (χ3n) is 4.14. The van der Waals surface area contributed by atoms with E-state index >= 15 is 0 Å². The fourth-order valence-corrected chi connectivity index (χ4v) is 4.41. The molecule has 1 N–H and O–H groups in total. The smallest absolute Gasteiger partial charge is 0.279 e. The molecule has 1 aromatic rings. The predicted octanol–water partition coefficient (Wildman–Crippen LogP) is 1.67. The third kappa shape index (κ3) is 3.21. The Labute approximate surface area is 131 Å². The first kappa shape index (κ1) is 15.6. The Morgan fingerprint density at radius 1 is 1.27 bits per heavy atom. The summed E-state index contributed by atoms with van der Waals surface area (Å²) in [6.07, 6.45) is 2.92. The van der Waals surface area contributed by atoms with E-state index in [9.17, 15) is 8.42 Å². The molecule has 1 aromatic carbocycles. The van der Waals surface area contributed by atoms with E-state index in [1.54, 1.807) is 4.31 Å². The second-order valence-electron chi connectivity index (χ2n) is 5.72. The zero-order chi connectivity index (χ0) is 15.6. The van der Waals surface area contributed by atoms with Crippen molar-refractivity contribution < 1.29 is 17.9 Å². The largest absolute Gasteiger partial charge is 0.486 e. The van der Waals surface area contributed by atoms with Crippen molar-refractivity contribution in [3.05, 3.63) is 23.8 Å². The Morgan fingerprint density at radius 2 is 2.09 bits per heavy atom. The first-order valence-electron chi connectivity index (χ1n) is 7.72. The van der Waals surface area contributed by atoms with E-state index in [4.69, 9.17) is 9.47 Å². The van der Waals surface area contributed by atoms with Gasteiger partial charge in [-0.15, -0.1) is 0 Å². The monoisotopic (exact) mass is 326 g/mol. The number of hydrogen-bond acceptors (Lipinski definition) is 4. The summed E-state index contributed by atoms with van der Waals surface area (Å²) in [6.45, 7) is 3.76. The van der Waals surface area contributed by atoms with Crippen LogP contribution in [0.3, 0.4) is 0 Å². The van der Waals surface area contributed by atoms with Gasteiger partial charge in [0.1, 0.15) is 13.2 Å². The first-order valence-corrected chi connectivity index (χ1v) is 9.16. The highest BCUT2D eigenvalue weighted by atomic mass is 32.2. The van der Waals surface area contributed by atoms with Gasteiger partial charge < -0.3 is 9.47 Å². The van der Waals surface area contributed by atoms with Crippen LogP contribution in [0.4, 0.5) is 0 Å². The fraction of sp³-hybridized carbons (Fsp3) is 0.600. The number of hydrogen-bond donors (Lipinski definition) is 1. The molecule has 0 aliphatic carbocycles. The highest BCUT2D eigenvalue weighted by molar-refractivity contribution is 7.87. The summed E-state index contributed by atoms with van der Waals surface area (Å²) in [4.78, 5) is 0. The normalized spacial score (nSPS) is 22.5. The van der Waals surface area contributed by atoms with E-state index in [2.05, 4.69) is 4.72 Å². The zero-order valence-corrected chi connectivity index (χ0v) is 13.6. The molecular weight excluding hydrogens is 304 g/mol. The van der Waals surface area contributed by atoms with Crippen LogP contribution in [0.15, 0.2) is 18.2 Å².